The highest BCUT2D eigenvalue weighted by molar-refractivity contribution is 7.66. The number of ether oxygens (including phenoxy) is 1. The highest BCUT2D eigenvalue weighted by atomic mass is 31.3. The standard InChI is InChI=1S/C16H20N9O14P3/c17-16-20-13-10(14(28)21-16)19-6-25(13)15-12(27)11(26)9(36-15)5-35-40(29,30)38-42(33,34)39-41(31,32)37-23-8-3-1-7(2-4-8)22-24-18/h1-4,6,9,11-12,15,23,26-27H,5H2,(H,29,30)(H,31,32)(H,33,34)(H3,17,20,21,28)/t9-,11-,12-,15-/m1/s1. The second kappa shape index (κ2) is 12.2. The summed E-state index contributed by atoms with van der Waals surface area (Å²) in [6, 6.07) is 5.03. The van der Waals surface area contributed by atoms with Gasteiger partial charge in [-0.05, 0) is 17.7 Å². The average Bonchev–Trinajstić information content (AvgIpc) is 3.42. The first kappa shape index (κ1) is 31.7. The van der Waals surface area contributed by atoms with Crippen molar-refractivity contribution in [1.82, 2.24) is 19.5 Å². The molecule has 228 valence electrons. The lowest BCUT2D eigenvalue weighted by atomic mass is 10.1. The minimum atomic E-state index is -5.84. The molecule has 3 aromatic rings. The van der Waals surface area contributed by atoms with Crippen LogP contribution in [0.3, 0.4) is 0 Å². The van der Waals surface area contributed by atoms with Crippen molar-refractivity contribution in [2.24, 2.45) is 5.11 Å². The van der Waals surface area contributed by atoms with E-state index in [1.807, 2.05) is 5.48 Å². The average molecular weight is 655 g/mol. The first-order chi connectivity index (χ1) is 19.6. The molecule has 1 aliphatic rings. The van der Waals surface area contributed by atoms with Crippen LogP contribution in [0.4, 0.5) is 17.3 Å². The summed E-state index contributed by atoms with van der Waals surface area (Å²) in [6.45, 7) is -1.04. The Morgan fingerprint density at radius 2 is 1.79 bits per heavy atom. The molecule has 0 saturated carbocycles. The number of fused-ring (bicyclic) bond motifs is 1. The van der Waals surface area contributed by atoms with Crippen molar-refractivity contribution in [3.8, 4) is 0 Å². The molecule has 0 bridgehead atoms. The van der Waals surface area contributed by atoms with Crippen molar-refractivity contribution in [3.05, 3.63) is 51.4 Å². The predicted octanol–water partition coefficient (Wildman–Crippen LogP) is 0.658. The molecule has 0 spiro atoms. The number of aliphatic hydroxyl groups excluding tert-OH is 2. The lowest BCUT2D eigenvalue weighted by molar-refractivity contribution is -0.0503. The van der Waals surface area contributed by atoms with Gasteiger partial charge in [-0.1, -0.05) is 17.2 Å². The van der Waals surface area contributed by atoms with Crippen LogP contribution in [0.25, 0.3) is 21.6 Å². The monoisotopic (exact) mass is 655 g/mol. The summed E-state index contributed by atoms with van der Waals surface area (Å²) in [5.41, 5.74) is 15.0. The van der Waals surface area contributed by atoms with Crippen LogP contribution in [0.15, 0.2) is 40.5 Å². The first-order valence-corrected chi connectivity index (χ1v) is 15.5. The number of aromatic amines is 1. The fourth-order valence-corrected chi connectivity index (χ4v) is 6.82. The Labute approximate surface area is 231 Å². The van der Waals surface area contributed by atoms with Crippen LogP contribution in [-0.2, 0) is 36.2 Å². The van der Waals surface area contributed by atoms with E-state index in [4.69, 9.17) is 16.0 Å². The van der Waals surface area contributed by atoms with E-state index >= 15 is 0 Å². The number of H-pyrrole nitrogens is 1. The molecule has 7 atom stereocenters. The Morgan fingerprint density at radius 3 is 2.45 bits per heavy atom. The van der Waals surface area contributed by atoms with Crippen molar-refractivity contribution in [2.45, 2.75) is 24.5 Å². The molecule has 1 fully saturated rings. The molecule has 1 aromatic carbocycles. The highest BCUT2D eigenvalue weighted by Crippen LogP contribution is 2.67. The van der Waals surface area contributed by atoms with E-state index in [0.29, 0.717) is 0 Å². The third kappa shape index (κ3) is 7.58. The summed E-state index contributed by atoms with van der Waals surface area (Å²) in [5, 5.41) is 24.0. The molecule has 4 rings (SSSR count). The number of phosphoric ester groups is 1. The molecule has 0 amide bonds. The molecule has 0 radical (unpaired) electrons. The van der Waals surface area contributed by atoms with Crippen molar-refractivity contribution in [3.63, 3.8) is 0 Å². The third-order valence-corrected chi connectivity index (χ3v) is 9.28. The number of azide groups is 1. The SMILES string of the molecule is [N-]=[N+]=Nc1ccc(NOP(=O)(O)OP(=O)(O)OP(=O)(O)OC[C@H]2O[C@@H](n3cnc4c(=O)[nH]c(N)nc43)[C@H](O)[C@@H]2O)cc1. The van der Waals surface area contributed by atoms with E-state index in [2.05, 4.69) is 42.7 Å². The normalized spacial score (nSPS) is 24.8. The summed E-state index contributed by atoms with van der Waals surface area (Å²) >= 11 is 0. The Balaban J connectivity index is 1.34. The van der Waals surface area contributed by atoms with E-state index in [9.17, 15) is 43.4 Å². The number of phosphoric acid groups is 3. The van der Waals surface area contributed by atoms with Gasteiger partial charge in [-0.2, -0.15) is 18.2 Å². The van der Waals surface area contributed by atoms with Crippen molar-refractivity contribution >= 4 is 52.0 Å². The number of nitrogen functional groups attached to an aromatic ring is 1. The molecule has 42 heavy (non-hydrogen) atoms. The minimum absolute atomic E-state index is 0.0000257. The number of hydrogen-bond donors (Lipinski definition) is 8. The molecule has 23 nitrogen and oxygen atoms in total. The van der Waals surface area contributed by atoms with Gasteiger partial charge in [-0.3, -0.25) is 24.3 Å². The quantitative estimate of drug-likeness (QED) is 0.0436. The topological polar surface area (TPSA) is 349 Å². The van der Waals surface area contributed by atoms with Gasteiger partial charge in [0.1, 0.15) is 18.3 Å². The van der Waals surface area contributed by atoms with Gasteiger partial charge in [0, 0.05) is 10.6 Å². The number of benzene rings is 1. The minimum Gasteiger partial charge on any atom is -0.387 e. The highest BCUT2D eigenvalue weighted by Gasteiger charge is 2.47. The number of nitrogens with two attached hydrogens (primary N) is 1. The van der Waals surface area contributed by atoms with Crippen molar-refractivity contribution in [2.75, 3.05) is 17.8 Å². The Kier molecular flexibility index (Phi) is 9.19. The molecule has 0 aliphatic carbocycles. The number of hydrogen-bond acceptors (Lipinski definition) is 16. The smallest absolute Gasteiger partial charge is 0.387 e. The van der Waals surface area contributed by atoms with Crippen molar-refractivity contribution < 1.29 is 61.1 Å². The van der Waals surface area contributed by atoms with Crippen LogP contribution in [-0.4, -0.2) is 69.3 Å². The number of imidazole rings is 1. The van der Waals surface area contributed by atoms with Crippen LogP contribution < -0.4 is 16.8 Å². The zero-order valence-electron chi connectivity index (χ0n) is 20.4. The summed E-state index contributed by atoms with van der Waals surface area (Å²) in [6.07, 6.45) is -5.45. The van der Waals surface area contributed by atoms with Gasteiger partial charge >= 0.3 is 23.5 Å². The summed E-state index contributed by atoms with van der Waals surface area (Å²) < 4.78 is 59.6. The number of anilines is 2. The molecular formula is C16H20N9O14P3. The predicted molar refractivity (Wildman–Crippen MR) is 136 cm³/mol. The van der Waals surface area contributed by atoms with Crippen LogP contribution >= 0.6 is 23.5 Å². The fourth-order valence-electron chi connectivity index (χ4n) is 3.47. The summed E-state index contributed by atoms with van der Waals surface area (Å²) in [4.78, 5) is 53.7. The van der Waals surface area contributed by atoms with Gasteiger partial charge < -0.3 is 35.4 Å². The Hall–Kier alpha value is -3.23. The van der Waals surface area contributed by atoms with Gasteiger partial charge in [-0.15, -0.1) is 0 Å². The van der Waals surface area contributed by atoms with Crippen LogP contribution in [0.2, 0.25) is 0 Å². The third-order valence-electron chi connectivity index (χ3n) is 5.18. The maximum absolute atomic E-state index is 12.2. The molecule has 9 N–H and O–H groups in total. The fraction of sp³-hybridized carbons (Fsp3) is 0.312. The second-order valence-electron chi connectivity index (χ2n) is 8.12. The van der Waals surface area contributed by atoms with E-state index in [-0.39, 0.29) is 28.5 Å². The van der Waals surface area contributed by atoms with Crippen LogP contribution in [0.5, 0.6) is 0 Å². The molecule has 26 heteroatoms. The maximum Gasteiger partial charge on any atom is 0.502 e. The molecule has 1 saturated heterocycles. The van der Waals surface area contributed by atoms with E-state index in [0.717, 1.165) is 10.9 Å². The molecule has 2 aromatic heterocycles. The lowest BCUT2D eigenvalue weighted by Crippen LogP contribution is -2.33. The zero-order valence-corrected chi connectivity index (χ0v) is 23.1. The van der Waals surface area contributed by atoms with Crippen molar-refractivity contribution in [1.29, 1.82) is 0 Å². The van der Waals surface area contributed by atoms with Gasteiger partial charge in [-0.25, -0.2) is 18.7 Å². The van der Waals surface area contributed by atoms with Gasteiger partial charge in [0.25, 0.3) is 5.56 Å². The molecule has 3 unspecified atom stereocenters. The van der Waals surface area contributed by atoms with E-state index in [1.54, 1.807) is 0 Å². The van der Waals surface area contributed by atoms with Crippen LogP contribution in [0, 0.1) is 0 Å². The summed E-state index contributed by atoms with van der Waals surface area (Å²) in [5.74, 6) is -0.286. The number of aromatic nitrogens is 4. The molecular weight excluding hydrogens is 635 g/mol. The number of rotatable bonds is 12. The number of nitrogens with zero attached hydrogens (tertiary/aromatic N) is 6. The number of nitrogens with one attached hydrogen (secondary N) is 2. The molecule has 1 aliphatic heterocycles. The molecule has 3 heterocycles. The first-order valence-electron chi connectivity index (χ1n) is 11.0. The Morgan fingerprint density at radius 1 is 1.12 bits per heavy atom. The zero-order chi connectivity index (χ0) is 30.9. The van der Waals surface area contributed by atoms with Crippen LogP contribution in [0.1, 0.15) is 6.23 Å². The Bertz CT molecular complexity index is 1710. The van der Waals surface area contributed by atoms with Gasteiger partial charge in [0.15, 0.2) is 17.4 Å². The largest absolute Gasteiger partial charge is 0.502 e. The van der Waals surface area contributed by atoms with Gasteiger partial charge in [0.05, 0.1) is 18.6 Å². The van der Waals surface area contributed by atoms with E-state index in [1.165, 1.54) is 24.3 Å². The van der Waals surface area contributed by atoms with Gasteiger partial charge in [0.2, 0.25) is 5.95 Å². The maximum atomic E-state index is 12.2. The number of aliphatic hydroxyl groups is 2. The van der Waals surface area contributed by atoms with E-state index < -0.39 is 60.2 Å². The lowest BCUT2D eigenvalue weighted by Gasteiger charge is -2.20. The second-order valence-corrected chi connectivity index (χ2v) is 12.7. The summed E-state index contributed by atoms with van der Waals surface area (Å²) in [7, 11) is -16.9.